The monoisotopic (exact) mass is 299 g/mol. The SMILES string of the molecule is CCCNC1C(S(=O)CC2CCCC2)CCCC1(C)C. The summed E-state index contributed by atoms with van der Waals surface area (Å²) in [5.41, 5.74) is 0.295. The Hall–Kier alpha value is 0.110. The fourth-order valence-corrected chi connectivity index (χ4v) is 6.35. The minimum absolute atomic E-state index is 0.295. The normalized spacial score (nSPS) is 32.4. The van der Waals surface area contributed by atoms with Crippen LogP contribution in [0.4, 0.5) is 0 Å². The molecular formula is C17H33NOS. The number of hydrogen-bond donors (Lipinski definition) is 1. The Bertz CT molecular complexity index is 323. The molecule has 0 spiro atoms. The first-order chi connectivity index (χ1) is 9.54. The molecule has 2 fully saturated rings. The van der Waals surface area contributed by atoms with Crippen molar-refractivity contribution in [3.05, 3.63) is 0 Å². The fraction of sp³-hybridized carbons (Fsp3) is 1.00. The van der Waals surface area contributed by atoms with E-state index in [1.54, 1.807) is 0 Å². The predicted molar refractivity (Wildman–Crippen MR) is 88.5 cm³/mol. The number of hydrogen-bond acceptors (Lipinski definition) is 2. The zero-order valence-electron chi connectivity index (χ0n) is 13.6. The summed E-state index contributed by atoms with van der Waals surface area (Å²) in [6, 6.07) is 0.443. The summed E-state index contributed by atoms with van der Waals surface area (Å²) in [7, 11) is -0.639. The lowest BCUT2D eigenvalue weighted by molar-refractivity contribution is 0.173. The molecule has 3 heteroatoms. The van der Waals surface area contributed by atoms with Crippen LogP contribution >= 0.6 is 0 Å². The van der Waals surface area contributed by atoms with Crippen molar-refractivity contribution in [2.75, 3.05) is 12.3 Å². The van der Waals surface area contributed by atoms with Crippen LogP contribution in [0.15, 0.2) is 0 Å². The van der Waals surface area contributed by atoms with E-state index in [4.69, 9.17) is 0 Å². The van der Waals surface area contributed by atoms with E-state index in [0.29, 0.717) is 16.7 Å². The van der Waals surface area contributed by atoms with Gasteiger partial charge in [-0.3, -0.25) is 4.21 Å². The first-order valence-corrected chi connectivity index (χ1v) is 10.0. The summed E-state index contributed by atoms with van der Waals surface area (Å²) in [4.78, 5) is 0. The lowest BCUT2D eigenvalue weighted by atomic mass is 9.73. The van der Waals surface area contributed by atoms with Gasteiger partial charge in [0.05, 0.1) is 5.25 Å². The smallest absolute Gasteiger partial charge is 0.0506 e. The second-order valence-electron chi connectivity index (χ2n) is 7.55. The van der Waals surface area contributed by atoms with Crippen LogP contribution in [0.5, 0.6) is 0 Å². The van der Waals surface area contributed by atoms with Crippen molar-refractivity contribution in [3.63, 3.8) is 0 Å². The van der Waals surface area contributed by atoms with Crippen LogP contribution in [0.3, 0.4) is 0 Å². The molecule has 0 amide bonds. The summed E-state index contributed by atoms with van der Waals surface area (Å²) in [6.45, 7) is 8.00. The Balaban J connectivity index is 1.99. The topological polar surface area (TPSA) is 29.1 Å². The number of rotatable bonds is 6. The largest absolute Gasteiger partial charge is 0.312 e. The first kappa shape index (κ1) is 16.5. The molecule has 0 aromatic carbocycles. The van der Waals surface area contributed by atoms with Gasteiger partial charge in [0, 0.05) is 22.6 Å². The van der Waals surface area contributed by atoms with Gasteiger partial charge in [0.25, 0.3) is 0 Å². The summed E-state index contributed by atoms with van der Waals surface area (Å²) in [5.74, 6) is 1.71. The molecular weight excluding hydrogens is 266 g/mol. The molecule has 0 aromatic heterocycles. The molecule has 1 N–H and O–H groups in total. The van der Waals surface area contributed by atoms with Crippen LogP contribution in [0.1, 0.15) is 72.1 Å². The Labute approximate surface area is 127 Å². The Morgan fingerprint density at radius 2 is 1.85 bits per heavy atom. The fourth-order valence-electron chi connectivity index (χ4n) is 4.11. The van der Waals surface area contributed by atoms with Crippen molar-refractivity contribution >= 4 is 10.8 Å². The molecule has 2 nitrogen and oxygen atoms in total. The molecule has 2 aliphatic rings. The van der Waals surface area contributed by atoms with Gasteiger partial charge in [0.1, 0.15) is 0 Å². The van der Waals surface area contributed by atoms with Crippen LogP contribution in [-0.4, -0.2) is 27.8 Å². The van der Waals surface area contributed by atoms with Gasteiger partial charge in [-0.2, -0.15) is 0 Å². The lowest BCUT2D eigenvalue weighted by Gasteiger charge is -2.44. The molecule has 0 saturated heterocycles. The van der Waals surface area contributed by atoms with Gasteiger partial charge in [-0.25, -0.2) is 0 Å². The molecule has 0 aliphatic heterocycles. The molecule has 2 rings (SSSR count). The van der Waals surface area contributed by atoms with E-state index in [0.717, 1.165) is 31.1 Å². The minimum Gasteiger partial charge on any atom is -0.312 e. The van der Waals surface area contributed by atoms with Crippen LogP contribution < -0.4 is 5.32 Å². The standard InChI is InChI=1S/C17H33NOS/c1-4-12-18-16-15(10-7-11-17(16,2)3)20(19)13-14-8-5-6-9-14/h14-16,18H,4-13H2,1-3H3. The van der Waals surface area contributed by atoms with E-state index in [2.05, 4.69) is 26.1 Å². The molecule has 0 radical (unpaired) electrons. The lowest BCUT2D eigenvalue weighted by Crippen LogP contribution is -2.54. The highest BCUT2D eigenvalue weighted by Gasteiger charge is 2.41. The zero-order chi connectivity index (χ0) is 14.6. The maximum Gasteiger partial charge on any atom is 0.0506 e. The Kier molecular flexibility index (Phi) is 6.09. The average Bonchev–Trinajstić information content (AvgIpc) is 2.89. The van der Waals surface area contributed by atoms with E-state index in [1.807, 2.05) is 0 Å². The Morgan fingerprint density at radius 3 is 2.50 bits per heavy atom. The van der Waals surface area contributed by atoms with Gasteiger partial charge in [-0.05, 0) is 50.0 Å². The molecule has 2 saturated carbocycles. The maximum absolute atomic E-state index is 12.9. The molecule has 20 heavy (non-hydrogen) atoms. The second-order valence-corrected chi connectivity index (χ2v) is 9.25. The third kappa shape index (κ3) is 4.07. The first-order valence-electron chi connectivity index (χ1n) is 8.65. The van der Waals surface area contributed by atoms with Gasteiger partial charge in [0.2, 0.25) is 0 Å². The summed E-state index contributed by atoms with van der Waals surface area (Å²) in [6.07, 6.45) is 10.2. The van der Waals surface area contributed by atoms with Gasteiger partial charge in [-0.1, -0.05) is 40.0 Å². The van der Waals surface area contributed by atoms with Gasteiger partial charge < -0.3 is 5.32 Å². The van der Waals surface area contributed by atoms with Gasteiger partial charge >= 0.3 is 0 Å². The second kappa shape index (κ2) is 7.40. The van der Waals surface area contributed by atoms with Crippen molar-refractivity contribution in [3.8, 4) is 0 Å². The van der Waals surface area contributed by atoms with Gasteiger partial charge in [0.15, 0.2) is 0 Å². The Morgan fingerprint density at radius 1 is 1.15 bits per heavy atom. The summed E-state index contributed by atoms with van der Waals surface area (Å²) in [5, 5.41) is 4.10. The van der Waals surface area contributed by atoms with Crippen molar-refractivity contribution in [2.24, 2.45) is 11.3 Å². The molecule has 0 bridgehead atoms. The minimum atomic E-state index is -0.639. The van der Waals surface area contributed by atoms with Crippen molar-refractivity contribution in [1.82, 2.24) is 5.32 Å². The molecule has 118 valence electrons. The number of nitrogens with one attached hydrogen (secondary N) is 1. The molecule has 3 atom stereocenters. The summed E-state index contributed by atoms with van der Waals surface area (Å²) >= 11 is 0. The third-order valence-electron chi connectivity index (χ3n) is 5.35. The average molecular weight is 300 g/mol. The van der Waals surface area contributed by atoms with E-state index >= 15 is 0 Å². The van der Waals surface area contributed by atoms with Gasteiger partial charge in [-0.15, -0.1) is 0 Å². The van der Waals surface area contributed by atoms with Crippen LogP contribution in [0.2, 0.25) is 0 Å². The molecule has 0 heterocycles. The molecule has 3 unspecified atom stereocenters. The predicted octanol–water partition coefficient (Wildman–Crippen LogP) is 3.87. The molecule has 0 aromatic rings. The van der Waals surface area contributed by atoms with Crippen LogP contribution in [0, 0.1) is 11.3 Å². The van der Waals surface area contributed by atoms with Crippen molar-refractivity contribution < 1.29 is 4.21 Å². The van der Waals surface area contributed by atoms with E-state index in [-0.39, 0.29) is 0 Å². The van der Waals surface area contributed by atoms with Crippen LogP contribution in [0.25, 0.3) is 0 Å². The van der Waals surface area contributed by atoms with Crippen molar-refractivity contribution in [1.29, 1.82) is 0 Å². The summed E-state index contributed by atoms with van der Waals surface area (Å²) < 4.78 is 12.9. The molecule has 2 aliphatic carbocycles. The van der Waals surface area contributed by atoms with E-state index in [1.165, 1.54) is 38.5 Å². The third-order valence-corrected chi connectivity index (χ3v) is 7.33. The van der Waals surface area contributed by atoms with E-state index < -0.39 is 10.8 Å². The van der Waals surface area contributed by atoms with Crippen molar-refractivity contribution in [2.45, 2.75) is 83.4 Å². The highest BCUT2D eigenvalue weighted by Crippen LogP contribution is 2.38. The van der Waals surface area contributed by atoms with E-state index in [9.17, 15) is 4.21 Å². The zero-order valence-corrected chi connectivity index (χ0v) is 14.4. The van der Waals surface area contributed by atoms with Crippen LogP contribution in [-0.2, 0) is 10.8 Å². The maximum atomic E-state index is 12.9. The highest BCUT2D eigenvalue weighted by atomic mass is 32.2. The highest BCUT2D eigenvalue weighted by molar-refractivity contribution is 7.85. The quantitative estimate of drug-likeness (QED) is 0.806.